The molecule has 2 aromatic rings. The fourth-order valence-corrected chi connectivity index (χ4v) is 4.35. The summed E-state index contributed by atoms with van der Waals surface area (Å²) in [5, 5.41) is 17.5. The molecule has 2 atom stereocenters. The molecule has 2 aliphatic heterocycles. The number of carbonyl (C=O) groups is 3. The highest BCUT2D eigenvalue weighted by Crippen LogP contribution is 2.24. The summed E-state index contributed by atoms with van der Waals surface area (Å²) in [5.74, 6) is -3.53. The molecular formula is C27H32F2N2O7. The van der Waals surface area contributed by atoms with E-state index >= 15 is 0 Å². The molecule has 1 amide bonds. The fourth-order valence-electron chi connectivity index (χ4n) is 4.35. The SMILES string of the molecule is CC(=O)N1CCCC(Oc2ccc(C(=O)O)cc2F)C1.CN1CCCC(Oc2ccc(C(=O)O)cc2F)C1. The molecule has 2 aliphatic rings. The van der Waals surface area contributed by atoms with Gasteiger partial charge in [-0.2, -0.15) is 0 Å². The standard InChI is InChI=1S/C14H16FNO4.C13H16FNO3/c1-9(17)16-6-2-3-11(8-16)20-13-5-4-10(14(18)19)7-12(13)15;1-15-6-2-3-10(8-15)18-12-5-4-9(13(16)17)7-11(12)14/h4-5,7,11H,2-3,6,8H2,1H3,(H,18,19);4-5,7,10H,2-3,6,8H2,1H3,(H,16,17). The molecule has 0 saturated carbocycles. The maximum absolute atomic E-state index is 13.8. The normalized spacial score (nSPS) is 19.6. The van der Waals surface area contributed by atoms with Crippen LogP contribution in [0.15, 0.2) is 36.4 Å². The van der Waals surface area contributed by atoms with Gasteiger partial charge < -0.3 is 29.5 Å². The maximum atomic E-state index is 13.8. The van der Waals surface area contributed by atoms with E-state index in [2.05, 4.69) is 4.90 Å². The van der Waals surface area contributed by atoms with Crippen LogP contribution in [0.4, 0.5) is 8.78 Å². The Morgan fingerprint density at radius 3 is 1.71 bits per heavy atom. The molecule has 0 spiro atoms. The van der Waals surface area contributed by atoms with Gasteiger partial charge in [-0.3, -0.25) is 4.79 Å². The first-order chi connectivity index (χ1) is 18.0. The summed E-state index contributed by atoms with van der Waals surface area (Å²) in [6.45, 7) is 4.40. The van der Waals surface area contributed by atoms with Crippen LogP contribution in [0.2, 0.25) is 0 Å². The zero-order valence-electron chi connectivity index (χ0n) is 21.4. The van der Waals surface area contributed by atoms with Crippen molar-refractivity contribution in [2.45, 2.75) is 44.8 Å². The van der Waals surface area contributed by atoms with Crippen molar-refractivity contribution in [2.75, 3.05) is 33.2 Å². The van der Waals surface area contributed by atoms with E-state index in [0.717, 1.165) is 50.9 Å². The molecule has 38 heavy (non-hydrogen) atoms. The second-order valence-corrected chi connectivity index (χ2v) is 9.39. The number of carboxylic acid groups (broad SMARTS) is 2. The first kappa shape index (κ1) is 28.8. The smallest absolute Gasteiger partial charge is 0.335 e. The second-order valence-electron chi connectivity index (χ2n) is 9.39. The van der Waals surface area contributed by atoms with Crippen LogP contribution in [0.3, 0.4) is 0 Å². The number of ether oxygens (including phenoxy) is 2. The molecular weight excluding hydrogens is 502 g/mol. The van der Waals surface area contributed by atoms with Crippen molar-refractivity contribution in [3.8, 4) is 11.5 Å². The van der Waals surface area contributed by atoms with Gasteiger partial charge in [-0.15, -0.1) is 0 Å². The van der Waals surface area contributed by atoms with Crippen molar-refractivity contribution in [3.63, 3.8) is 0 Å². The largest absolute Gasteiger partial charge is 0.486 e. The van der Waals surface area contributed by atoms with Crippen LogP contribution >= 0.6 is 0 Å². The van der Waals surface area contributed by atoms with Gasteiger partial charge >= 0.3 is 11.9 Å². The lowest BCUT2D eigenvalue weighted by Gasteiger charge is -2.32. The van der Waals surface area contributed by atoms with Crippen LogP contribution in [0.1, 0.15) is 53.3 Å². The average Bonchev–Trinajstić information content (AvgIpc) is 2.87. The number of hydrogen-bond acceptors (Lipinski definition) is 6. The second kappa shape index (κ2) is 13.2. The third-order valence-electron chi connectivity index (χ3n) is 6.35. The van der Waals surface area contributed by atoms with E-state index in [-0.39, 0.29) is 40.7 Å². The number of halogens is 2. The number of likely N-dealkylation sites (tertiary alicyclic amines) is 2. The quantitative estimate of drug-likeness (QED) is 0.573. The summed E-state index contributed by atoms with van der Waals surface area (Å²) < 4.78 is 38.5. The summed E-state index contributed by atoms with van der Waals surface area (Å²) in [7, 11) is 2.00. The van der Waals surface area contributed by atoms with Crippen LogP contribution in [-0.2, 0) is 4.79 Å². The molecule has 2 heterocycles. The molecule has 0 aliphatic carbocycles. The average molecular weight is 535 g/mol. The zero-order valence-corrected chi connectivity index (χ0v) is 21.4. The van der Waals surface area contributed by atoms with Crippen molar-refractivity contribution >= 4 is 17.8 Å². The molecule has 2 N–H and O–H groups in total. The summed E-state index contributed by atoms with van der Waals surface area (Å²) in [6, 6.07) is 7.27. The van der Waals surface area contributed by atoms with Gasteiger partial charge in [0.05, 0.1) is 17.7 Å². The Morgan fingerprint density at radius 2 is 1.29 bits per heavy atom. The molecule has 0 aromatic heterocycles. The van der Waals surface area contributed by atoms with Gasteiger partial charge in [0.25, 0.3) is 0 Å². The predicted octanol–water partition coefficient (Wildman–Crippen LogP) is 3.91. The number of piperidine rings is 2. The summed E-state index contributed by atoms with van der Waals surface area (Å²) in [6.07, 6.45) is 3.16. The van der Waals surface area contributed by atoms with Gasteiger partial charge in [-0.1, -0.05) is 0 Å². The van der Waals surface area contributed by atoms with E-state index in [0.29, 0.717) is 13.1 Å². The number of amides is 1. The highest BCUT2D eigenvalue weighted by Gasteiger charge is 2.24. The number of carboxylic acids is 2. The zero-order chi connectivity index (χ0) is 27.8. The van der Waals surface area contributed by atoms with Crippen molar-refractivity contribution in [1.82, 2.24) is 9.80 Å². The van der Waals surface area contributed by atoms with Gasteiger partial charge in [0.2, 0.25) is 5.91 Å². The Bertz CT molecular complexity index is 1160. The Kier molecular flexibility index (Phi) is 10.0. The van der Waals surface area contributed by atoms with E-state index in [4.69, 9.17) is 19.7 Å². The van der Waals surface area contributed by atoms with Crippen LogP contribution in [0, 0.1) is 11.6 Å². The number of aromatic carboxylic acids is 2. The van der Waals surface area contributed by atoms with Gasteiger partial charge in [-0.25, -0.2) is 18.4 Å². The van der Waals surface area contributed by atoms with E-state index < -0.39 is 23.6 Å². The molecule has 9 nitrogen and oxygen atoms in total. The number of carbonyl (C=O) groups excluding carboxylic acids is 1. The fraction of sp³-hybridized carbons (Fsp3) is 0.444. The van der Waals surface area contributed by atoms with Crippen LogP contribution < -0.4 is 9.47 Å². The molecule has 0 bridgehead atoms. The highest BCUT2D eigenvalue weighted by molar-refractivity contribution is 5.88. The molecule has 2 fully saturated rings. The molecule has 0 radical (unpaired) electrons. The minimum atomic E-state index is -1.18. The number of benzene rings is 2. The van der Waals surface area contributed by atoms with Crippen LogP contribution in [0.5, 0.6) is 11.5 Å². The molecule has 2 saturated heterocycles. The van der Waals surface area contributed by atoms with Gasteiger partial charge in [-0.05, 0) is 75.7 Å². The highest BCUT2D eigenvalue weighted by atomic mass is 19.1. The number of hydrogen-bond donors (Lipinski definition) is 2. The lowest BCUT2D eigenvalue weighted by atomic mass is 10.1. The first-order valence-corrected chi connectivity index (χ1v) is 12.4. The number of likely N-dealkylation sites (N-methyl/N-ethyl adjacent to an activating group) is 1. The first-order valence-electron chi connectivity index (χ1n) is 12.4. The summed E-state index contributed by atoms with van der Waals surface area (Å²) in [5.41, 5.74) is -0.190. The summed E-state index contributed by atoms with van der Waals surface area (Å²) >= 11 is 0. The van der Waals surface area contributed by atoms with Gasteiger partial charge in [0.15, 0.2) is 23.1 Å². The van der Waals surface area contributed by atoms with Gasteiger partial charge in [0.1, 0.15) is 12.2 Å². The predicted molar refractivity (Wildman–Crippen MR) is 134 cm³/mol. The maximum Gasteiger partial charge on any atom is 0.335 e. The van der Waals surface area contributed by atoms with Crippen LogP contribution in [-0.4, -0.2) is 83.3 Å². The van der Waals surface area contributed by atoms with Crippen molar-refractivity contribution in [3.05, 3.63) is 59.2 Å². The molecule has 206 valence electrons. The van der Waals surface area contributed by atoms with Gasteiger partial charge in [0, 0.05) is 20.0 Å². The third-order valence-corrected chi connectivity index (χ3v) is 6.35. The Labute approximate surface area is 219 Å². The minimum absolute atomic E-state index is 0.0189. The summed E-state index contributed by atoms with van der Waals surface area (Å²) in [4.78, 5) is 36.5. The van der Waals surface area contributed by atoms with E-state index in [1.807, 2.05) is 7.05 Å². The number of nitrogens with zero attached hydrogens (tertiary/aromatic N) is 2. The third kappa shape index (κ3) is 8.14. The Morgan fingerprint density at radius 1 is 0.816 bits per heavy atom. The molecule has 2 aromatic carbocycles. The van der Waals surface area contributed by atoms with Crippen molar-refractivity contribution in [2.24, 2.45) is 0 Å². The lowest BCUT2D eigenvalue weighted by Crippen LogP contribution is -2.43. The van der Waals surface area contributed by atoms with Crippen LogP contribution in [0.25, 0.3) is 0 Å². The minimum Gasteiger partial charge on any atom is -0.486 e. The Hall–Kier alpha value is -3.73. The lowest BCUT2D eigenvalue weighted by molar-refractivity contribution is -0.131. The number of rotatable bonds is 6. The molecule has 4 rings (SSSR count). The van der Waals surface area contributed by atoms with E-state index in [9.17, 15) is 23.2 Å². The monoisotopic (exact) mass is 534 g/mol. The van der Waals surface area contributed by atoms with E-state index in [1.165, 1.54) is 31.2 Å². The van der Waals surface area contributed by atoms with Crippen molar-refractivity contribution < 1.29 is 42.9 Å². The molecule has 11 heteroatoms. The van der Waals surface area contributed by atoms with Crippen molar-refractivity contribution in [1.29, 1.82) is 0 Å². The molecule has 2 unspecified atom stereocenters. The van der Waals surface area contributed by atoms with E-state index in [1.54, 1.807) is 4.90 Å². The Balaban J connectivity index is 0.000000212. The topological polar surface area (TPSA) is 117 Å².